The Morgan fingerprint density at radius 1 is 1.15 bits per heavy atom. The number of nitrogens with zero attached hydrogens (tertiary/aromatic N) is 1. The van der Waals surface area contributed by atoms with E-state index in [9.17, 15) is 4.79 Å². The maximum Gasteiger partial charge on any atom is 0.232 e. The van der Waals surface area contributed by atoms with Crippen LogP contribution in [-0.2, 0) is 10.5 Å². The van der Waals surface area contributed by atoms with Gasteiger partial charge >= 0.3 is 0 Å². The summed E-state index contributed by atoms with van der Waals surface area (Å²) >= 11 is 1.69. The zero-order valence-corrected chi connectivity index (χ0v) is 16.4. The first kappa shape index (κ1) is 17.9. The Morgan fingerprint density at radius 3 is 2.74 bits per heavy atom. The van der Waals surface area contributed by atoms with Gasteiger partial charge in [-0.05, 0) is 36.1 Å². The monoisotopic (exact) mass is 376 g/mol. The molecular formula is C23H24N2OS. The summed E-state index contributed by atoms with van der Waals surface area (Å²) in [5, 5.41) is 1.25. The quantitative estimate of drug-likeness (QED) is 0.678. The molecule has 138 valence electrons. The van der Waals surface area contributed by atoms with E-state index in [2.05, 4.69) is 66.6 Å². The average Bonchev–Trinajstić information content (AvgIpc) is 3.12. The molecular weight excluding hydrogens is 352 g/mol. The molecule has 1 aliphatic rings. The minimum atomic E-state index is 0.235. The van der Waals surface area contributed by atoms with E-state index in [1.807, 2.05) is 11.0 Å². The molecule has 0 fully saturated rings. The topological polar surface area (TPSA) is 36.1 Å². The zero-order valence-electron chi connectivity index (χ0n) is 15.6. The van der Waals surface area contributed by atoms with Crippen LogP contribution in [0.5, 0.6) is 0 Å². The molecule has 4 rings (SSSR count). The Hall–Kier alpha value is -2.46. The van der Waals surface area contributed by atoms with Crippen molar-refractivity contribution in [1.29, 1.82) is 0 Å². The van der Waals surface area contributed by atoms with Crippen molar-refractivity contribution in [2.75, 3.05) is 18.8 Å². The molecule has 0 aliphatic carbocycles. The van der Waals surface area contributed by atoms with Crippen molar-refractivity contribution in [3.05, 3.63) is 77.5 Å². The lowest BCUT2D eigenvalue weighted by atomic mass is 9.98. The molecule has 0 saturated heterocycles. The number of benzene rings is 2. The average molecular weight is 377 g/mol. The maximum atomic E-state index is 12.5. The molecule has 1 N–H and O–H groups in total. The van der Waals surface area contributed by atoms with Crippen molar-refractivity contribution in [3.8, 4) is 0 Å². The molecule has 3 aromatic rings. The molecule has 1 aromatic heterocycles. The number of thioether (sulfide) groups is 1. The Bertz CT molecular complexity index is 971. The van der Waals surface area contributed by atoms with Gasteiger partial charge in [0.25, 0.3) is 0 Å². The fourth-order valence-corrected chi connectivity index (χ4v) is 4.43. The lowest BCUT2D eigenvalue weighted by Gasteiger charge is -2.26. The maximum absolute atomic E-state index is 12.5. The first-order valence-electron chi connectivity index (χ1n) is 9.37. The molecule has 4 heteroatoms. The predicted octanol–water partition coefficient (Wildman–Crippen LogP) is 5.03. The van der Waals surface area contributed by atoms with E-state index < -0.39 is 0 Å². The van der Waals surface area contributed by atoms with Crippen LogP contribution in [0, 0.1) is 6.92 Å². The van der Waals surface area contributed by atoms with Crippen molar-refractivity contribution in [3.63, 3.8) is 0 Å². The highest BCUT2D eigenvalue weighted by Crippen LogP contribution is 2.25. The Labute approximate surface area is 164 Å². The summed E-state index contributed by atoms with van der Waals surface area (Å²) in [5.41, 5.74) is 6.33. The minimum absolute atomic E-state index is 0.235. The van der Waals surface area contributed by atoms with Gasteiger partial charge in [-0.15, -0.1) is 11.8 Å². The molecule has 0 unspecified atom stereocenters. The van der Waals surface area contributed by atoms with Crippen molar-refractivity contribution < 1.29 is 4.79 Å². The van der Waals surface area contributed by atoms with Crippen LogP contribution in [0.1, 0.15) is 23.1 Å². The van der Waals surface area contributed by atoms with Crippen molar-refractivity contribution in [1.82, 2.24) is 9.88 Å². The van der Waals surface area contributed by atoms with Gasteiger partial charge in [-0.3, -0.25) is 4.79 Å². The highest BCUT2D eigenvalue weighted by molar-refractivity contribution is 7.99. The third kappa shape index (κ3) is 4.11. The number of nitrogens with one attached hydrogen (secondary N) is 1. The standard InChI is InChI=1S/C23H24N2OS/c1-17-6-8-18(9-7-17)19-10-12-25(13-11-19)23(26)16-27-15-20-14-24-22-5-3-2-4-21(20)22/h2-10,14,24H,11-13,15-16H2,1H3. The van der Waals surface area contributed by atoms with E-state index in [0.29, 0.717) is 5.75 Å². The van der Waals surface area contributed by atoms with E-state index in [-0.39, 0.29) is 5.91 Å². The summed E-state index contributed by atoms with van der Waals surface area (Å²) in [4.78, 5) is 17.8. The van der Waals surface area contributed by atoms with Crippen LogP contribution in [0.4, 0.5) is 0 Å². The number of H-pyrrole nitrogens is 1. The molecule has 0 bridgehead atoms. The summed E-state index contributed by atoms with van der Waals surface area (Å²) in [6.07, 6.45) is 5.19. The summed E-state index contributed by atoms with van der Waals surface area (Å²) in [7, 11) is 0. The number of fused-ring (bicyclic) bond motifs is 1. The second-order valence-corrected chi connectivity index (χ2v) is 8.02. The molecule has 27 heavy (non-hydrogen) atoms. The van der Waals surface area contributed by atoms with Crippen LogP contribution in [0.2, 0.25) is 0 Å². The lowest BCUT2D eigenvalue weighted by molar-refractivity contribution is -0.127. The largest absolute Gasteiger partial charge is 0.361 e. The highest BCUT2D eigenvalue weighted by Gasteiger charge is 2.18. The Kier molecular flexibility index (Phi) is 5.35. The van der Waals surface area contributed by atoms with E-state index >= 15 is 0 Å². The third-order valence-electron chi connectivity index (χ3n) is 5.14. The van der Waals surface area contributed by atoms with Gasteiger partial charge in [-0.25, -0.2) is 0 Å². The van der Waals surface area contributed by atoms with Crippen molar-refractivity contribution in [2.24, 2.45) is 0 Å². The molecule has 1 aliphatic heterocycles. The number of hydrogen-bond donors (Lipinski definition) is 1. The normalized spacial score (nSPS) is 14.4. The van der Waals surface area contributed by atoms with Crippen LogP contribution < -0.4 is 0 Å². The Morgan fingerprint density at radius 2 is 1.96 bits per heavy atom. The Balaban J connectivity index is 1.30. The van der Waals surface area contributed by atoms with Gasteiger partial charge in [0, 0.05) is 35.9 Å². The fourth-order valence-electron chi connectivity index (χ4n) is 3.52. The zero-order chi connectivity index (χ0) is 18.6. The van der Waals surface area contributed by atoms with Crippen LogP contribution in [-0.4, -0.2) is 34.6 Å². The number of aromatic nitrogens is 1. The summed E-state index contributed by atoms with van der Waals surface area (Å²) in [6.45, 7) is 3.63. The highest BCUT2D eigenvalue weighted by atomic mass is 32.2. The number of amides is 1. The van der Waals surface area contributed by atoms with Gasteiger partial charge < -0.3 is 9.88 Å². The molecule has 3 nitrogen and oxygen atoms in total. The number of aromatic amines is 1. The van der Waals surface area contributed by atoms with E-state index in [1.165, 1.54) is 27.6 Å². The van der Waals surface area contributed by atoms with Crippen LogP contribution in [0.3, 0.4) is 0 Å². The number of rotatable bonds is 5. The van der Waals surface area contributed by atoms with Gasteiger partial charge in [0.15, 0.2) is 0 Å². The van der Waals surface area contributed by atoms with Gasteiger partial charge in [-0.2, -0.15) is 0 Å². The van der Waals surface area contributed by atoms with Crippen LogP contribution >= 0.6 is 11.8 Å². The van der Waals surface area contributed by atoms with E-state index in [0.717, 1.165) is 30.8 Å². The van der Waals surface area contributed by atoms with Crippen LogP contribution in [0.15, 0.2) is 60.8 Å². The van der Waals surface area contributed by atoms with Gasteiger partial charge in [0.1, 0.15) is 0 Å². The number of para-hydroxylation sites is 1. The summed E-state index contributed by atoms with van der Waals surface area (Å²) in [6, 6.07) is 17.0. The molecule has 2 aromatic carbocycles. The smallest absolute Gasteiger partial charge is 0.232 e. The van der Waals surface area contributed by atoms with Gasteiger partial charge in [0.05, 0.1) is 5.75 Å². The molecule has 1 amide bonds. The second-order valence-electron chi connectivity index (χ2n) is 7.04. The third-order valence-corrected chi connectivity index (χ3v) is 6.11. The number of hydrogen-bond acceptors (Lipinski definition) is 2. The summed E-state index contributed by atoms with van der Waals surface area (Å²) < 4.78 is 0. The SMILES string of the molecule is Cc1ccc(C2=CCN(C(=O)CSCc3c[nH]c4ccccc34)CC2)cc1. The van der Waals surface area contributed by atoms with Crippen molar-refractivity contribution >= 4 is 34.1 Å². The molecule has 0 radical (unpaired) electrons. The second kappa shape index (κ2) is 8.05. The molecule has 0 spiro atoms. The van der Waals surface area contributed by atoms with E-state index in [1.54, 1.807) is 11.8 Å². The number of carbonyl (C=O) groups is 1. The minimum Gasteiger partial charge on any atom is -0.361 e. The lowest BCUT2D eigenvalue weighted by Crippen LogP contribution is -2.35. The molecule has 2 heterocycles. The molecule has 0 saturated carbocycles. The van der Waals surface area contributed by atoms with Gasteiger partial charge in [0.2, 0.25) is 5.91 Å². The van der Waals surface area contributed by atoms with Crippen LogP contribution in [0.25, 0.3) is 16.5 Å². The summed E-state index contributed by atoms with van der Waals surface area (Å²) in [5.74, 6) is 1.63. The van der Waals surface area contributed by atoms with E-state index in [4.69, 9.17) is 0 Å². The fraction of sp³-hybridized carbons (Fsp3) is 0.261. The predicted molar refractivity (Wildman–Crippen MR) is 115 cm³/mol. The number of carbonyl (C=O) groups excluding carboxylic acids is 1. The first-order valence-corrected chi connectivity index (χ1v) is 10.5. The first-order chi connectivity index (χ1) is 13.2. The number of aryl methyl sites for hydroxylation is 1. The van der Waals surface area contributed by atoms with Crippen molar-refractivity contribution in [2.45, 2.75) is 19.1 Å². The van der Waals surface area contributed by atoms with Gasteiger partial charge in [-0.1, -0.05) is 54.1 Å². The molecule has 0 atom stereocenters.